The number of nitrogens with zero attached hydrogens (tertiary/aromatic N) is 1. The molecule has 0 amide bonds. The van der Waals surface area contributed by atoms with E-state index in [1.807, 2.05) is 6.07 Å². The Kier molecular flexibility index (Phi) is 4.66. The lowest BCUT2D eigenvalue weighted by molar-refractivity contribution is -0.203. The molecule has 4 rings (SSSR count). The highest BCUT2D eigenvalue weighted by molar-refractivity contribution is 5.46. The van der Waals surface area contributed by atoms with Gasteiger partial charge in [0.05, 0.1) is 26.9 Å². The van der Waals surface area contributed by atoms with Crippen LogP contribution in [0.2, 0.25) is 0 Å². The fourth-order valence-electron chi connectivity index (χ4n) is 5.26. The maximum Gasteiger partial charge on any atom is 0.170 e. The molecule has 1 saturated carbocycles. The van der Waals surface area contributed by atoms with Crippen molar-refractivity contribution in [2.75, 3.05) is 34.4 Å². The smallest absolute Gasteiger partial charge is 0.170 e. The third kappa shape index (κ3) is 2.72. The molecule has 3 aliphatic rings. The van der Waals surface area contributed by atoms with Gasteiger partial charge >= 0.3 is 0 Å². The molecule has 5 heteroatoms. The van der Waals surface area contributed by atoms with Gasteiger partial charge in [-0.1, -0.05) is 13.0 Å². The fraction of sp³-hybridized carbons (Fsp3) is 0.714. The predicted molar refractivity (Wildman–Crippen MR) is 100.0 cm³/mol. The summed E-state index contributed by atoms with van der Waals surface area (Å²) in [5.41, 5.74) is 1.49. The summed E-state index contributed by atoms with van der Waals surface area (Å²) in [4.78, 5) is 2.49. The molecule has 5 nitrogen and oxygen atoms in total. The van der Waals surface area contributed by atoms with Crippen LogP contribution in [0, 0.1) is 0 Å². The number of ether oxygens (including phenoxy) is 4. The molecular weight excluding hydrogens is 330 g/mol. The molecule has 1 aromatic rings. The number of benzene rings is 1. The monoisotopic (exact) mass is 361 g/mol. The zero-order valence-corrected chi connectivity index (χ0v) is 16.4. The van der Waals surface area contributed by atoms with Crippen LogP contribution in [-0.2, 0) is 14.9 Å². The zero-order valence-electron chi connectivity index (χ0n) is 16.4. The zero-order chi connectivity index (χ0) is 18.4. The van der Waals surface area contributed by atoms with Crippen LogP contribution in [-0.4, -0.2) is 57.3 Å². The third-order valence-electron chi connectivity index (χ3n) is 6.86. The van der Waals surface area contributed by atoms with Crippen LogP contribution in [0.3, 0.4) is 0 Å². The second-order valence-electron chi connectivity index (χ2n) is 8.05. The lowest BCUT2D eigenvalue weighted by Gasteiger charge is -2.48. The third-order valence-corrected chi connectivity index (χ3v) is 6.86. The fourth-order valence-corrected chi connectivity index (χ4v) is 5.26. The van der Waals surface area contributed by atoms with Crippen molar-refractivity contribution in [1.29, 1.82) is 0 Å². The summed E-state index contributed by atoms with van der Waals surface area (Å²) in [6.07, 6.45) is 5.40. The molecule has 26 heavy (non-hydrogen) atoms. The van der Waals surface area contributed by atoms with Gasteiger partial charge in [0.1, 0.15) is 0 Å². The van der Waals surface area contributed by atoms with Gasteiger partial charge in [0.2, 0.25) is 0 Å². The van der Waals surface area contributed by atoms with Gasteiger partial charge in [-0.3, -0.25) is 0 Å². The average Bonchev–Trinajstić information content (AvgIpc) is 3.24. The Hall–Kier alpha value is -1.30. The summed E-state index contributed by atoms with van der Waals surface area (Å²) >= 11 is 0. The number of hydrogen-bond acceptors (Lipinski definition) is 5. The Labute approximate surface area is 156 Å². The van der Waals surface area contributed by atoms with E-state index in [2.05, 4.69) is 31.0 Å². The maximum absolute atomic E-state index is 6.36. The predicted octanol–water partition coefficient (Wildman–Crippen LogP) is 3.35. The summed E-state index contributed by atoms with van der Waals surface area (Å²) in [7, 11) is 5.63. The maximum atomic E-state index is 6.36. The molecule has 2 aliphatic heterocycles. The highest BCUT2D eigenvalue weighted by Gasteiger charge is 2.57. The molecule has 1 aliphatic carbocycles. The lowest BCUT2D eigenvalue weighted by Crippen LogP contribution is -2.53. The van der Waals surface area contributed by atoms with Crippen LogP contribution < -0.4 is 9.47 Å². The minimum absolute atomic E-state index is 0.135. The van der Waals surface area contributed by atoms with E-state index in [1.54, 1.807) is 14.2 Å². The van der Waals surface area contributed by atoms with Crippen molar-refractivity contribution in [3.8, 4) is 11.5 Å². The molecule has 2 saturated heterocycles. The molecule has 144 valence electrons. The second kappa shape index (κ2) is 6.70. The SMILES string of the molecule is CCC1COC2(CC[C@@]3(c4ccc(OC)c(OC)c4)CCN(C)[C@H]3C2)O1. The Morgan fingerprint density at radius 2 is 1.96 bits per heavy atom. The molecular formula is C21H31NO4. The topological polar surface area (TPSA) is 40.2 Å². The van der Waals surface area contributed by atoms with Gasteiger partial charge < -0.3 is 23.8 Å². The Morgan fingerprint density at radius 3 is 2.65 bits per heavy atom. The summed E-state index contributed by atoms with van der Waals surface area (Å²) in [6, 6.07) is 6.86. The van der Waals surface area contributed by atoms with E-state index in [-0.39, 0.29) is 17.3 Å². The molecule has 0 N–H and O–H groups in total. The quantitative estimate of drug-likeness (QED) is 0.822. The van der Waals surface area contributed by atoms with Gasteiger partial charge in [0, 0.05) is 24.3 Å². The van der Waals surface area contributed by atoms with Crippen LogP contribution in [0.5, 0.6) is 11.5 Å². The molecule has 1 aromatic carbocycles. The van der Waals surface area contributed by atoms with Crippen molar-refractivity contribution in [1.82, 2.24) is 4.90 Å². The highest BCUT2D eigenvalue weighted by atomic mass is 16.7. The van der Waals surface area contributed by atoms with E-state index >= 15 is 0 Å². The number of rotatable bonds is 4. The second-order valence-corrected chi connectivity index (χ2v) is 8.05. The molecule has 2 unspecified atom stereocenters. The number of likely N-dealkylation sites (N-methyl/N-ethyl adjacent to an activating group) is 1. The van der Waals surface area contributed by atoms with Crippen molar-refractivity contribution in [3.63, 3.8) is 0 Å². The van der Waals surface area contributed by atoms with Crippen molar-refractivity contribution in [2.24, 2.45) is 0 Å². The lowest BCUT2D eigenvalue weighted by atomic mass is 9.64. The van der Waals surface area contributed by atoms with Crippen LogP contribution >= 0.6 is 0 Å². The van der Waals surface area contributed by atoms with E-state index < -0.39 is 0 Å². The summed E-state index contributed by atoms with van der Waals surface area (Å²) in [5, 5.41) is 0. The van der Waals surface area contributed by atoms with Gasteiger partial charge in [-0.15, -0.1) is 0 Å². The Bertz CT molecular complexity index is 665. The number of likely N-dealkylation sites (tertiary alicyclic amines) is 1. The van der Waals surface area contributed by atoms with E-state index in [9.17, 15) is 0 Å². The van der Waals surface area contributed by atoms with E-state index in [1.165, 1.54) is 5.56 Å². The molecule has 1 spiro atoms. The van der Waals surface area contributed by atoms with Gasteiger partial charge in [-0.25, -0.2) is 0 Å². The van der Waals surface area contributed by atoms with E-state index in [4.69, 9.17) is 18.9 Å². The molecule has 3 fully saturated rings. The van der Waals surface area contributed by atoms with Crippen molar-refractivity contribution in [2.45, 2.75) is 62.4 Å². The molecule has 4 atom stereocenters. The van der Waals surface area contributed by atoms with Crippen LogP contribution in [0.25, 0.3) is 0 Å². The Morgan fingerprint density at radius 1 is 1.15 bits per heavy atom. The molecule has 2 heterocycles. The van der Waals surface area contributed by atoms with Gasteiger partial charge in [-0.2, -0.15) is 0 Å². The first kappa shape index (κ1) is 18.1. The first-order valence-electron chi connectivity index (χ1n) is 9.80. The largest absolute Gasteiger partial charge is 0.493 e. The summed E-state index contributed by atoms with van der Waals surface area (Å²) in [6.45, 7) is 4.01. The molecule has 0 radical (unpaired) electrons. The number of hydrogen-bond donors (Lipinski definition) is 0. The molecule has 0 bridgehead atoms. The van der Waals surface area contributed by atoms with Crippen molar-refractivity contribution >= 4 is 0 Å². The van der Waals surface area contributed by atoms with Gasteiger partial charge in [0.25, 0.3) is 0 Å². The first-order chi connectivity index (χ1) is 12.6. The van der Waals surface area contributed by atoms with Crippen LogP contribution in [0.1, 0.15) is 44.6 Å². The van der Waals surface area contributed by atoms with E-state index in [0.29, 0.717) is 6.04 Å². The Balaban J connectivity index is 1.66. The van der Waals surface area contributed by atoms with Crippen molar-refractivity contribution in [3.05, 3.63) is 23.8 Å². The molecule has 0 aromatic heterocycles. The standard InChI is InChI=1S/C21H31NO4/c1-5-16-14-25-21(26-16)9-8-20(10-11-22(2)19(20)13-21)15-6-7-17(23-3)18(12-15)24-4/h6-7,12,16,19H,5,8-11,13-14H2,1-4H3/t16?,19-,20-,21?/m0/s1. The highest BCUT2D eigenvalue weighted by Crippen LogP contribution is 2.54. The van der Waals surface area contributed by atoms with Crippen LogP contribution in [0.4, 0.5) is 0 Å². The van der Waals surface area contributed by atoms with Gasteiger partial charge in [-0.05, 0) is 50.6 Å². The van der Waals surface area contributed by atoms with E-state index in [0.717, 1.165) is 56.8 Å². The number of fused-ring (bicyclic) bond motifs is 1. The summed E-state index contributed by atoms with van der Waals surface area (Å²) in [5.74, 6) is 1.22. The number of methoxy groups -OCH3 is 2. The van der Waals surface area contributed by atoms with Crippen molar-refractivity contribution < 1.29 is 18.9 Å². The van der Waals surface area contributed by atoms with Gasteiger partial charge in [0.15, 0.2) is 17.3 Å². The summed E-state index contributed by atoms with van der Waals surface area (Å²) < 4.78 is 23.6. The minimum Gasteiger partial charge on any atom is -0.493 e. The normalized spacial score (nSPS) is 37.1. The minimum atomic E-state index is -0.385. The first-order valence-corrected chi connectivity index (χ1v) is 9.80. The van der Waals surface area contributed by atoms with Crippen LogP contribution in [0.15, 0.2) is 18.2 Å². The average molecular weight is 361 g/mol.